The van der Waals surface area contributed by atoms with E-state index in [0.717, 1.165) is 34.6 Å². The quantitative estimate of drug-likeness (QED) is 0.336. The van der Waals surface area contributed by atoms with Gasteiger partial charge in [0.1, 0.15) is 17.7 Å². The summed E-state index contributed by atoms with van der Waals surface area (Å²) in [7, 11) is -4.59. The van der Waals surface area contributed by atoms with Crippen LogP contribution in [0.25, 0.3) is 11.1 Å². The fourth-order valence-electron chi connectivity index (χ4n) is 4.15. The molecule has 0 aliphatic carbocycles. The van der Waals surface area contributed by atoms with E-state index < -0.39 is 50.0 Å². The van der Waals surface area contributed by atoms with E-state index >= 15 is 0 Å². The molecular weight excluding hydrogens is 550 g/mol. The minimum atomic E-state index is -4.77. The zero-order valence-corrected chi connectivity index (χ0v) is 21.7. The number of carboxylic acids is 1. The molecule has 0 saturated carbocycles. The summed E-state index contributed by atoms with van der Waals surface area (Å²) in [6, 6.07) is 11.3. The van der Waals surface area contributed by atoms with E-state index in [1.54, 1.807) is 0 Å². The van der Waals surface area contributed by atoms with E-state index in [0.29, 0.717) is 11.6 Å². The predicted octanol–water partition coefficient (Wildman–Crippen LogP) is 6.62. The van der Waals surface area contributed by atoms with Gasteiger partial charge in [0.15, 0.2) is 0 Å². The molecule has 1 N–H and O–H groups in total. The largest absolute Gasteiger partial charge is 0.486 e. The summed E-state index contributed by atoms with van der Waals surface area (Å²) in [4.78, 5) is 11.1. The van der Waals surface area contributed by atoms with E-state index in [4.69, 9.17) is 16.3 Å². The van der Waals surface area contributed by atoms with Crippen LogP contribution >= 0.6 is 11.6 Å². The van der Waals surface area contributed by atoms with Gasteiger partial charge in [-0.1, -0.05) is 23.7 Å². The van der Waals surface area contributed by atoms with Crippen molar-refractivity contribution < 1.29 is 40.6 Å². The maximum Gasteiger partial charge on any atom is 0.416 e. The number of sulfonamides is 1. The molecule has 12 heteroatoms. The van der Waals surface area contributed by atoms with Gasteiger partial charge in [-0.15, -0.1) is 0 Å². The van der Waals surface area contributed by atoms with Crippen LogP contribution in [0.4, 0.5) is 23.2 Å². The molecule has 0 radical (unpaired) electrons. The summed E-state index contributed by atoms with van der Waals surface area (Å²) in [6.45, 7) is 2.53. The minimum Gasteiger partial charge on any atom is -0.486 e. The maximum atomic E-state index is 13.9. The monoisotopic (exact) mass is 571 g/mol. The number of rotatable bonds is 6. The van der Waals surface area contributed by atoms with Crippen LogP contribution in [0.2, 0.25) is 5.02 Å². The lowest BCUT2D eigenvalue weighted by Crippen LogP contribution is -2.46. The van der Waals surface area contributed by atoms with Crippen molar-refractivity contribution in [1.82, 2.24) is 0 Å². The van der Waals surface area contributed by atoms with Gasteiger partial charge in [0.05, 0.1) is 28.1 Å². The zero-order valence-electron chi connectivity index (χ0n) is 20.1. The number of fused-ring (bicyclic) bond motifs is 1. The molecule has 0 aromatic heterocycles. The Bertz CT molecular complexity index is 1510. The lowest BCUT2D eigenvalue weighted by molar-refractivity contribution is -0.148. The number of carboxylic acid groups (broad SMARTS) is 1. The van der Waals surface area contributed by atoms with E-state index in [1.807, 2.05) is 0 Å². The second-order valence-electron chi connectivity index (χ2n) is 9.50. The molecule has 0 saturated heterocycles. The summed E-state index contributed by atoms with van der Waals surface area (Å²) in [5.41, 5.74) is -1.84. The third kappa shape index (κ3) is 5.44. The molecule has 0 spiro atoms. The molecule has 0 fully saturated rings. The normalized spacial score (nSPS) is 16.1. The number of halogens is 5. The smallest absolute Gasteiger partial charge is 0.416 e. The van der Waals surface area contributed by atoms with Crippen molar-refractivity contribution in [3.8, 4) is 16.9 Å². The molecule has 6 nitrogen and oxygen atoms in total. The Hall–Kier alpha value is -3.31. The molecule has 202 valence electrons. The van der Waals surface area contributed by atoms with Gasteiger partial charge in [-0.3, -0.25) is 9.10 Å². The number of hydrogen-bond donors (Lipinski definition) is 1. The third-order valence-corrected chi connectivity index (χ3v) is 8.30. The average Bonchev–Trinajstić information content (AvgIpc) is 2.84. The Labute approximate surface area is 221 Å². The number of nitrogens with zero attached hydrogens (tertiary/aromatic N) is 1. The number of anilines is 1. The van der Waals surface area contributed by atoms with Crippen LogP contribution in [-0.2, 0) is 21.0 Å². The Kier molecular flexibility index (Phi) is 7.13. The van der Waals surface area contributed by atoms with Gasteiger partial charge >= 0.3 is 12.1 Å². The number of aliphatic carboxylic acids is 1. The molecule has 1 aliphatic heterocycles. The van der Waals surface area contributed by atoms with Gasteiger partial charge in [-0.2, -0.15) is 13.2 Å². The Balaban J connectivity index is 1.86. The van der Waals surface area contributed by atoms with Gasteiger partial charge in [0.25, 0.3) is 10.0 Å². The van der Waals surface area contributed by atoms with Crippen molar-refractivity contribution in [2.75, 3.05) is 10.8 Å². The van der Waals surface area contributed by atoms with Gasteiger partial charge < -0.3 is 9.84 Å². The van der Waals surface area contributed by atoms with Crippen LogP contribution in [0, 0.1) is 11.2 Å². The first-order valence-electron chi connectivity index (χ1n) is 11.3. The van der Waals surface area contributed by atoms with Gasteiger partial charge in [0, 0.05) is 17.0 Å². The Morgan fingerprint density at radius 2 is 1.82 bits per heavy atom. The van der Waals surface area contributed by atoms with Crippen molar-refractivity contribution in [1.29, 1.82) is 0 Å². The molecule has 1 atom stereocenters. The molecule has 1 heterocycles. The summed E-state index contributed by atoms with van der Waals surface area (Å²) in [5.74, 6) is -1.65. The van der Waals surface area contributed by atoms with Crippen molar-refractivity contribution >= 4 is 33.3 Å². The number of ether oxygens (including phenoxy) is 1. The minimum absolute atomic E-state index is 0.00961. The topological polar surface area (TPSA) is 83.9 Å². The van der Waals surface area contributed by atoms with Crippen LogP contribution < -0.4 is 9.04 Å². The molecule has 38 heavy (non-hydrogen) atoms. The summed E-state index contributed by atoms with van der Waals surface area (Å²) >= 11 is 6.23. The second kappa shape index (κ2) is 9.77. The number of benzene rings is 3. The fourth-order valence-corrected chi connectivity index (χ4v) is 5.92. The van der Waals surface area contributed by atoms with Crippen LogP contribution in [0.15, 0.2) is 65.6 Å². The highest BCUT2D eigenvalue weighted by molar-refractivity contribution is 7.92. The maximum absolute atomic E-state index is 13.9. The van der Waals surface area contributed by atoms with Crippen LogP contribution in [0.3, 0.4) is 0 Å². The van der Waals surface area contributed by atoms with E-state index in [-0.39, 0.29) is 35.0 Å². The molecule has 0 bridgehead atoms. The van der Waals surface area contributed by atoms with E-state index in [2.05, 4.69) is 0 Å². The highest BCUT2D eigenvalue weighted by atomic mass is 35.5. The SMILES string of the molecule is CC(C)(C[C@H]1CN(S(=O)(=O)c2cccc(C(F)(F)F)c2)c2cc(-c3cc(F)ccc3Cl)ccc2O1)C(=O)O. The van der Waals surface area contributed by atoms with Crippen LogP contribution in [-0.4, -0.2) is 32.1 Å². The first kappa shape index (κ1) is 27.7. The van der Waals surface area contributed by atoms with Gasteiger partial charge in [0.2, 0.25) is 0 Å². The number of carbonyl (C=O) groups is 1. The van der Waals surface area contributed by atoms with Crippen molar-refractivity contribution in [3.63, 3.8) is 0 Å². The van der Waals surface area contributed by atoms with Crippen LogP contribution in [0.5, 0.6) is 5.75 Å². The van der Waals surface area contributed by atoms with Crippen molar-refractivity contribution in [3.05, 3.63) is 77.1 Å². The number of alkyl halides is 3. The van der Waals surface area contributed by atoms with Crippen molar-refractivity contribution in [2.24, 2.45) is 5.41 Å². The number of hydrogen-bond acceptors (Lipinski definition) is 4. The van der Waals surface area contributed by atoms with Crippen LogP contribution in [0.1, 0.15) is 25.8 Å². The first-order valence-corrected chi connectivity index (χ1v) is 13.1. The molecule has 0 amide bonds. The highest BCUT2D eigenvalue weighted by Gasteiger charge is 2.40. The molecular formula is C26H22ClF4NO5S. The zero-order chi connectivity index (χ0) is 28.0. The molecule has 3 aromatic rings. The summed E-state index contributed by atoms with van der Waals surface area (Å²) < 4.78 is 88.3. The molecule has 0 unspecified atom stereocenters. The highest BCUT2D eigenvalue weighted by Crippen LogP contribution is 2.43. The standard InChI is InChI=1S/C26H22ClF4NO5S/c1-25(2,24(33)34)13-18-14-32(38(35,36)19-5-3-4-16(11-19)26(29,30)31)22-10-15(6-9-23(22)37-18)20-12-17(28)7-8-21(20)27/h3-12,18H,13-14H2,1-2H3,(H,33,34)/t18-/m0/s1. The molecule has 1 aliphatic rings. The van der Waals surface area contributed by atoms with Crippen molar-refractivity contribution in [2.45, 2.75) is 37.4 Å². The third-order valence-electron chi connectivity index (χ3n) is 6.20. The van der Waals surface area contributed by atoms with E-state index in [9.17, 15) is 35.9 Å². The fraction of sp³-hybridized carbons (Fsp3) is 0.269. The van der Waals surface area contributed by atoms with Gasteiger partial charge in [-0.05, 0) is 67.9 Å². The summed E-state index contributed by atoms with van der Waals surface area (Å²) in [6.07, 6.45) is -5.80. The van der Waals surface area contributed by atoms with Gasteiger partial charge in [-0.25, -0.2) is 12.8 Å². The Morgan fingerprint density at radius 3 is 2.47 bits per heavy atom. The lowest BCUT2D eigenvalue weighted by Gasteiger charge is -2.38. The molecule has 3 aromatic carbocycles. The average molecular weight is 572 g/mol. The second-order valence-corrected chi connectivity index (χ2v) is 11.8. The Morgan fingerprint density at radius 1 is 1.11 bits per heavy atom. The molecule has 4 rings (SSSR count). The van der Waals surface area contributed by atoms with E-state index in [1.165, 1.54) is 38.1 Å². The first-order chi connectivity index (χ1) is 17.6. The predicted molar refractivity (Wildman–Crippen MR) is 133 cm³/mol. The summed E-state index contributed by atoms with van der Waals surface area (Å²) in [5, 5.41) is 9.74. The lowest BCUT2D eigenvalue weighted by atomic mass is 9.86.